The van der Waals surface area contributed by atoms with Crippen LogP contribution in [0.25, 0.3) is 0 Å². The lowest BCUT2D eigenvalue weighted by Crippen LogP contribution is -2.46. The number of likely N-dealkylation sites (N-methyl/N-ethyl adjacent to an activating group) is 1. The summed E-state index contributed by atoms with van der Waals surface area (Å²) < 4.78 is 7.55. The minimum Gasteiger partial charge on any atom is -0.494 e. The van der Waals surface area contributed by atoms with Crippen LogP contribution in [-0.2, 0) is 6.54 Å². The average Bonchev–Trinajstić information content (AvgIpc) is 3.19. The van der Waals surface area contributed by atoms with Crippen LogP contribution in [0.4, 0.5) is 0 Å². The van der Waals surface area contributed by atoms with Gasteiger partial charge >= 0.3 is 0 Å². The van der Waals surface area contributed by atoms with Crippen molar-refractivity contribution >= 4 is 0 Å². The molecule has 0 unspecified atom stereocenters. The van der Waals surface area contributed by atoms with Crippen LogP contribution in [0.15, 0.2) is 54.6 Å². The number of nitrogens with zero attached hydrogens (tertiary/aromatic N) is 6. The van der Waals surface area contributed by atoms with E-state index in [1.807, 2.05) is 41.9 Å². The van der Waals surface area contributed by atoms with Gasteiger partial charge in [0.15, 0.2) is 5.82 Å². The first-order valence-electron chi connectivity index (χ1n) is 10.2. The van der Waals surface area contributed by atoms with E-state index in [1.54, 1.807) is 0 Å². The number of hydrogen-bond donors (Lipinski definition) is 0. The van der Waals surface area contributed by atoms with Gasteiger partial charge in [-0.3, -0.25) is 4.90 Å². The molecule has 0 spiro atoms. The minimum atomic E-state index is 0.0121. The molecule has 29 heavy (non-hydrogen) atoms. The maximum atomic E-state index is 5.63. The summed E-state index contributed by atoms with van der Waals surface area (Å²) in [5, 5.41) is 12.8. The smallest absolute Gasteiger partial charge is 0.173 e. The lowest BCUT2D eigenvalue weighted by molar-refractivity contribution is 0.121. The number of rotatable bonds is 7. The number of piperazine rings is 1. The van der Waals surface area contributed by atoms with E-state index in [0.717, 1.165) is 37.8 Å². The zero-order valence-electron chi connectivity index (χ0n) is 17.1. The lowest BCUT2D eigenvalue weighted by atomic mass is 10.0. The molecule has 2 heterocycles. The predicted octanol–water partition coefficient (Wildman–Crippen LogP) is 2.46. The molecule has 1 saturated heterocycles. The molecule has 0 aliphatic carbocycles. The van der Waals surface area contributed by atoms with Crippen LogP contribution >= 0.6 is 0 Å². The molecule has 3 aromatic rings. The number of benzene rings is 2. The molecule has 1 aliphatic rings. The Hall–Kier alpha value is -2.77. The summed E-state index contributed by atoms with van der Waals surface area (Å²) in [6.45, 7) is 7.35. The van der Waals surface area contributed by atoms with E-state index >= 15 is 0 Å². The van der Waals surface area contributed by atoms with E-state index in [1.165, 1.54) is 11.1 Å². The van der Waals surface area contributed by atoms with Gasteiger partial charge in [-0.15, -0.1) is 5.10 Å². The summed E-state index contributed by atoms with van der Waals surface area (Å²) >= 11 is 0. The second-order valence-electron chi connectivity index (χ2n) is 7.42. The summed E-state index contributed by atoms with van der Waals surface area (Å²) in [6, 6.07) is 18.7. The molecule has 2 aromatic carbocycles. The molecule has 0 amide bonds. The van der Waals surface area contributed by atoms with Crippen molar-refractivity contribution in [2.24, 2.45) is 0 Å². The van der Waals surface area contributed by atoms with E-state index in [9.17, 15) is 0 Å². The van der Waals surface area contributed by atoms with Crippen molar-refractivity contribution in [3.8, 4) is 5.75 Å². The molecule has 7 heteroatoms. The van der Waals surface area contributed by atoms with E-state index in [0.29, 0.717) is 13.2 Å². The third kappa shape index (κ3) is 4.63. The van der Waals surface area contributed by atoms with Crippen molar-refractivity contribution in [2.45, 2.75) is 19.5 Å². The predicted molar refractivity (Wildman–Crippen MR) is 112 cm³/mol. The Morgan fingerprint density at radius 1 is 0.966 bits per heavy atom. The second kappa shape index (κ2) is 9.15. The average molecular weight is 393 g/mol. The zero-order chi connectivity index (χ0) is 20.1. The minimum absolute atomic E-state index is 0.0121. The van der Waals surface area contributed by atoms with Gasteiger partial charge in [-0.2, -0.15) is 0 Å². The van der Waals surface area contributed by atoms with Gasteiger partial charge in [-0.25, -0.2) is 4.68 Å². The van der Waals surface area contributed by atoms with E-state index in [2.05, 4.69) is 56.6 Å². The highest BCUT2D eigenvalue weighted by atomic mass is 16.5. The van der Waals surface area contributed by atoms with Gasteiger partial charge in [0.25, 0.3) is 0 Å². The fraction of sp³-hybridized carbons (Fsp3) is 0.409. The highest BCUT2D eigenvalue weighted by Crippen LogP contribution is 2.29. The van der Waals surface area contributed by atoms with E-state index < -0.39 is 0 Å². The number of tetrazole rings is 1. The Balaban J connectivity index is 1.66. The summed E-state index contributed by atoms with van der Waals surface area (Å²) in [5.74, 6) is 1.76. The summed E-state index contributed by atoms with van der Waals surface area (Å²) in [4.78, 5) is 4.83. The zero-order valence-corrected chi connectivity index (χ0v) is 17.1. The fourth-order valence-electron chi connectivity index (χ4n) is 3.79. The first-order chi connectivity index (χ1) is 14.2. The number of hydrogen-bond acceptors (Lipinski definition) is 6. The van der Waals surface area contributed by atoms with Crippen molar-refractivity contribution in [1.29, 1.82) is 0 Å². The van der Waals surface area contributed by atoms with Gasteiger partial charge in [0.05, 0.1) is 19.2 Å². The van der Waals surface area contributed by atoms with Crippen LogP contribution in [0, 0.1) is 0 Å². The van der Waals surface area contributed by atoms with Gasteiger partial charge in [-0.05, 0) is 47.7 Å². The first-order valence-corrected chi connectivity index (χ1v) is 10.2. The Morgan fingerprint density at radius 2 is 1.69 bits per heavy atom. The molecule has 0 saturated carbocycles. The van der Waals surface area contributed by atoms with E-state index in [-0.39, 0.29) is 6.04 Å². The summed E-state index contributed by atoms with van der Waals surface area (Å²) in [6.07, 6.45) is 0. The molecule has 1 atom stereocenters. The van der Waals surface area contributed by atoms with Crippen molar-refractivity contribution in [1.82, 2.24) is 30.0 Å². The Bertz CT molecular complexity index is 887. The normalized spacial score (nSPS) is 16.6. The van der Waals surface area contributed by atoms with Crippen molar-refractivity contribution in [2.75, 3.05) is 39.8 Å². The van der Waals surface area contributed by atoms with Gasteiger partial charge < -0.3 is 9.64 Å². The van der Waals surface area contributed by atoms with Crippen LogP contribution in [0.2, 0.25) is 0 Å². The van der Waals surface area contributed by atoms with Gasteiger partial charge in [0.1, 0.15) is 5.75 Å². The van der Waals surface area contributed by atoms with Gasteiger partial charge in [0.2, 0.25) is 0 Å². The molecule has 1 aliphatic heterocycles. The third-order valence-electron chi connectivity index (χ3n) is 5.39. The Labute approximate surface area is 171 Å². The quantitative estimate of drug-likeness (QED) is 0.616. The fourth-order valence-corrected chi connectivity index (χ4v) is 3.79. The van der Waals surface area contributed by atoms with Crippen LogP contribution < -0.4 is 4.74 Å². The third-order valence-corrected chi connectivity index (χ3v) is 5.39. The van der Waals surface area contributed by atoms with Gasteiger partial charge in [0, 0.05) is 26.2 Å². The maximum absolute atomic E-state index is 5.63. The topological polar surface area (TPSA) is 59.3 Å². The van der Waals surface area contributed by atoms with E-state index in [4.69, 9.17) is 4.74 Å². The van der Waals surface area contributed by atoms with Crippen molar-refractivity contribution < 1.29 is 4.74 Å². The van der Waals surface area contributed by atoms with Crippen LogP contribution in [0.5, 0.6) is 5.75 Å². The Morgan fingerprint density at radius 3 is 2.38 bits per heavy atom. The van der Waals surface area contributed by atoms with Crippen molar-refractivity contribution in [3.05, 3.63) is 71.5 Å². The molecule has 4 rings (SSSR count). The first kappa shape index (κ1) is 19.5. The molecule has 0 N–H and O–H groups in total. The Kier molecular flexibility index (Phi) is 6.17. The maximum Gasteiger partial charge on any atom is 0.173 e. The molecular formula is C22H28N6O. The highest BCUT2D eigenvalue weighted by molar-refractivity contribution is 5.32. The van der Waals surface area contributed by atoms with Crippen LogP contribution in [0.1, 0.15) is 29.9 Å². The largest absolute Gasteiger partial charge is 0.494 e. The molecule has 152 valence electrons. The standard InChI is InChI=1S/C22H28N6O/c1-3-29-20-11-9-19(10-12-20)21(27-15-13-26(2)14-16-27)22-23-24-25-28(22)17-18-7-5-4-6-8-18/h4-12,21H,3,13-17H2,1-2H3/t21-/m1/s1. The second-order valence-corrected chi connectivity index (χ2v) is 7.42. The molecule has 1 fully saturated rings. The van der Waals surface area contributed by atoms with Crippen molar-refractivity contribution in [3.63, 3.8) is 0 Å². The summed E-state index contributed by atoms with van der Waals surface area (Å²) in [7, 11) is 2.17. The molecule has 0 radical (unpaired) electrons. The monoisotopic (exact) mass is 392 g/mol. The van der Waals surface area contributed by atoms with Crippen LogP contribution in [-0.4, -0.2) is 69.8 Å². The lowest BCUT2D eigenvalue weighted by Gasteiger charge is -2.37. The van der Waals surface area contributed by atoms with Crippen LogP contribution in [0.3, 0.4) is 0 Å². The molecule has 0 bridgehead atoms. The molecular weight excluding hydrogens is 364 g/mol. The number of aromatic nitrogens is 4. The number of ether oxygens (including phenoxy) is 1. The SMILES string of the molecule is CCOc1ccc([C@H](c2nnnn2Cc2ccccc2)N2CCN(C)CC2)cc1. The highest BCUT2D eigenvalue weighted by Gasteiger charge is 2.30. The van der Waals surface area contributed by atoms with Gasteiger partial charge in [-0.1, -0.05) is 42.5 Å². The molecule has 1 aromatic heterocycles. The summed E-state index contributed by atoms with van der Waals surface area (Å²) in [5.41, 5.74) is 2.37. The molecule has 7 nitrogen and oxygen atoms in total.